The Balaban J connectivity index is 0.00000128. The Labute approximate surface area is 114 Å². The normalized spacial score (nSPS) is 20.4. The molecule has 0 saturated carbocycles. The van der Waals surface area contributed by atoms with Crippen molar-refractivity contribution in [1.29, 1.82) is 0 Å². The van der Waals surface area contributed by atoms with Gasteiger partial charge in [0.1, 0.15) is 0 Å². The average molecular weight is 326 g/mol. The van der Waals surface area contributed by atoms with Crippen LogP contribution in [0.15, 0.2) is 15.2 Å². The first-order valence-corrected chi connectivity index (χ1v) is 6.61. The number of amides is 1. The summed E-state index contributed by atoms with van der Waals surface area (Å²) in [6, 6.07) is 2.17. The minimum Gasteiger partial charge on any atom is -0.333 e. The second kappa shape index (κ2) is 6.00. The van der Waals surface area contributed by atoms with E-state index in [9.17, 15) is 4.79 Å². The van der Waals surface area contributed by atoms with Gasteiger partial charge in [-0.1, -0.05) is 0 Å². The van der Waals surface area contributed by atoms with Gasteiger partial charge in [-0.25, -0.2) is 0 Å². The predicted molar refractivity (Wildman–Crippen MR) is 72.6 cm³/mol. The fourth-order valence-electron chi connectivity index (χ4n) is 1.73. The second-order valence-corrected chi connectivity index (χ2v) is 5.98. The zero-order valence-electron chi connectivity index (χ0n) is 8.90. The predicted octanol–water partition coefficient (Wildman–Crippen LogP) is 2.37. The number of carbonyl (C=O) groups is 1. The van der Waals surface area contributed by atoms with E-state index in [2.05, 4.69) is 28.2 Å². The number of thiophene rings is 1. The van der Waals surface area contributed by atoms with E-state index in [0.717, 1.165) is 29.0 Å². The van der Waals surface area contributed by atoms with E-state index in [-0.39, 0.29) is 24.4 Å². The molecule has 0 radical (unpaired) electrons. The summed E-state index contributed by atoms with van der Waals surface area (Å²) >= 11 is 4.93. The first-order chi connectivity index (χ1) is 7.18. The molecule has 2 rings (SSSR count). The first-order valence-electron chi connectivity index (χ1n) is 4.94. The molecule has 16 heavy (non-hydrogen) atoms. The molecule has 1 atom stereocenters. The van der Waals surface area contributed by atoms with Crippen molar-refractivity contribution in [1.82, 2.24) is 10.2 Å². The standard InChI is InChI=1S/C10H13BrN2OS.ClH/c1-7-5-12-2-3-13(7)10(14)8-4-9(11)15-6-8;/h4,6-7,12H,2-3,5H2,1H3;1H. The highest BCUT2D eigenvalue weighted by Crippen LogP contribution is 2.22. The Kier molecular flexibility index (Phi) is 5.24. The van der Waals surface area contributed by atoms with Crippen LogP contribution >= 0.6 is 39.7 Å². The van der Waals surface area contributed by atoms with Gasteiger partial charge in [-0.2, -0.15) is 0 Å². The monoisotopic (exact) mass is 324 g/mol. The summed E-state index contributed by atoms with van der Waals surface area (Å²) in [7, 11) is 0. The molecule has 2 heterocycles. The zero-order chi connectivity index (χ0) is 10.8. The molecule has 1 fully saturated rings. The smallest absolute Gasteiger partial charge is 0.255 e. The summed E-state index contributed by atoms with van der Waals surface area (Å²) in [5.41, 5.74) is 0.792. The molecule has 1 aliphatic heterocycles. The fraction of sp³-hybridized carbons (Fsp3) is 0.500. The lowest BCUT2D eigenvalue weighted by molar-refractivity contribution is 0.0656. The van der Waals surface area contributed by atoms with Crippen molar-refractivity contribution in [3.05, 3.63) is 20.8 Å². The van der Waals surface area contributed by atoms with Crippen LogP contribution in [0.2, 0.25) is 0 Å². The fourth-order valence-corrected chi connectivity index (χ4v) is 2.86. The lowest BCUT2D eigenvalue weighted by atomic mass is 10.2. The third-order valence-electron chi connectivity index (χ3n) is 2.58. The summed E-state index contributed by atoms with van der Waals surface area (Å²) in [5, 5.41) is 5.18. The van der Waals surface area contributed by atoms with Gasteiger partial charge < -0.3 is 10.2 Å². The van der Waals surface area contributed by atoms with E-state index in [1.807, 2.05) is 16.3 Å². The molecule has 1 saturated heterocycles. The number of nitrogens with zero attached hydrogens (tertiary/aromatic N) is 1. The van der Waals surface area contributed by atoms with Gasteiger partial charge in [0.05, 0.1) is 9.35 Å². The van der Waals surface area contributed by atoms with Crippen LogP contribution in [-0.4, -0.2) is 36.5 Å². The Hall–Kier alpha value is -0.100. The Bertz CT molecular complexity index is 371. The van der Waals surface area contributed by atoms with E-state index in [4.69, 9.17) is 0 Å². The molecular weight excluding hydrogens is 312 g/mol. The molecule has 90 valence electrons. The van der Waals surface area contributed by atoms with Gasteiger partial charge in [-0.3, -0.25) is 4.79 Å². The van der Waals surface area contributed by atoms with Gasteiger partial charge in [0.25, 0.3) is 5.91 Å². The maximum atomic E-state index is 12.1. The number of hydrogen-bond donors (Lipinski definition) is 1. The molecule has 1 aromatic rings. The highest BCUT2D eigenvalue weighted by molar-refractivity contribution is 9.11. The van der Waals surface area contributed by atoms with Crippen molar-refractivity contribution in [2.24, 2.45) is 0 Å². The number of piperazine rings is 1. The molecule has 1 aliphatic rings. The molecule has 6 heteroatoms. The van der Waals surface area contributed by atoms with Gasteiger partial charge in [0.15, 0.2) is 0 Å². The average Bonchev–Trinajstić information content (AvgIpc) is 2.65. The number of carbonyl (C=O) groups excluding carboxylic acids is 1. The van der Waals surface area contributed by atoms with Crippen molar-refractivity contribution in [3.63, 3.8) is 0 Å². The van der Waals surface area contributed by atoms with Crippen molar-refractivity contribution in [2.45, 2.75) is 13.0 Å². The molecule has 0 aromatic carbocycles. The highest BCUT2D eigenvalue weighted by Gasteiger charge is 2.24. The molecule has 1 amide bonds. The molecule has 3 nitrogen and oxygen atoms in total. The minimum absolute atomic E-state index is 0. The van der Waals surface area contributed by atoms with Gasteiger partial charge in [-0.15, -0.1) is 23.7 Å². The number of rotatable bonds is 1. The van der Waals surface area contributed by atoms with Gasteiger partial charge in [0, 0.05) is 31.1 Å². The summed E-state index contributed by atoms with van der Waals surface area (Å²) in [6.07, 6.45) is 0. The second-order valence-electron chi connectivity index (χ2n) is 3.69. The first kappa shape index (κ1) is 14.0. The highest BCUT2D eigenvalue weighted by atomic mass is 79.9. The summed E-state index contributed by atoms with van der Waals surface area (Å²) < 4.78 is 1.01. The van der Waals surface area contributed by atoms with Gasteiger partial charge in [-0.05, 0) is 28.9 Å². The number of halogens is 2. The summed E-state index contributed by atoms with van der Waals surface area (Å²) in [5.74, 6) is 0.144. The molecule has 1 unspecified atom stereocenters. The van der Waals surface area contributed by atoms with Crippen molar-refractivity contribution < 1.29 is 4.79 Å². The van der Waals surface area contributed by atoms with Crippen molar-refractivity contribution in [3.8, 4) is 0 Å². The van der Waals surface area contributed by atoms with Gasteiger partial charge >= 0.3 is 0 Å². The Morgan fingerprint density at radius 2 is 2.44 bits per heavy atom. The number of nitrogens with one attached hydrogen (secondary N) is 1. The van der Waals surface area contributed by atoms with E-state index in [1.165, 1.54) is 0 Å². The molecule has 1 aromatic heterocycles. The molecule has 0 spiro atoms. The number of hydrogen-bond acceptors (Lipinski definition) is 3. The SMILES string of the molecule is CC1CNCCN1C(=O)c1csc(Br)c1.Cl. The van der Waals surface area contributed by atoms with E-state index in [0.29, 0.717) is 0 Å². The summed E-state index contributed by atoms with van der Waals surface area (Å²) in [6.45, 7) is 4.65. The van der Waals surface area contributed by atoms with Crippen molar-refractivity contribution >= 4 is 45.6 Å². The Morgan fingerprint density at radius 1 is 1.69 bits per heavy atom. The summed E-state index contributed by atoms with van der Waals surface area (Å²) in [4.78, 5) is 14.0. The van der Waals surface area contributed by atoms with E-state index in [1.54, 1.807) is 11.3 Å². The molecular formula is C10H14BrClN2OS. The van der Waals surface area contributed by atoms with E-state index >= 15 is 0 Å². The van der Waals surface area contributed by atoms with Crippen LogP contribution in [0, 0.1) is 0 Å². The topological polar surface area (TPSA) is 32.3 Å². The maximum absolute atomic E-state index is 12.1. The van der Waals surface area contributed by atoms with Crippen LogP contribution in [0.4, 0.5) is 0 Å². The van der Waals surface area contributed by atoms with Crippen molar-refractivity contribution in [2.75, 3.05) is 19.6 Å². The van der Waals surface area contributed by atoms with Crippen LogP contribution in [0.25, 0.3) is 0 Å². The van der Waals surface area contributed by atoms with Crippen LogP contribution in [0.3, 0.4) is 0 Å². The van der Waals surface area contributed by atoms with Crippen LogP contribution < -0.4 is 5.32 Å². The van der Waals surface area contributed by atoms with Crippen LogP contribution in [0.5, 0.6) is 0 Å². The maximum Gasteiger partial charge on any atom is 0.255 e. The third kappa shape index (κ3) is 2.97. The lowest BCUT2D eigenvalue weighted by Crippen LogP contribution is -2.52. The Morgan fingerprint density at radius 3 is 3.00 bits per heavy atom. The molecule has 0 bridgehead atoms. The van der Waals surface area contributed by atoms with Gasteiger partial charge in [0.2, 0.25) is 0 Å². The largest absolute Gasteiger partial charge is 0.333 e. The van der Waals surface area contributed by atoms with Crippen LogP contribution in [0.1, 0.15) is 17.3 Å². The van der Waals surface area contributed by atoms with Crippen LogP contribution in [-0.2, 0) is 0 Å². The zero-order valence-corrected chi connectivity index (χ0v) is 12.1. The quantitative estimate of drug-likeness (QED) is 0.860. The van der Waals surface area contributed by atoms with E-state index < -0.39 is 0 Å². The molecule has 0 aliphatic carbocycles. The molecule has 1 N–H and O–H groups in total. The third-order valence-corrected chi connectivity index (χ3v) is 4.08. The minimum atomic E-state index is 0. The lowest BCUT2D eigenvalue weighted by Gasteiger charge is -2.33.